The molecule has 4 rings (SSSR count). The summed E-state index contributed by atoms with van der Waals surface area (Å²) < 4.78 is 5.35. The van der Waals surface area contributed by atoms with E-state index in [4.69, 9.17) is 4.74 Å². The molecule has 3 aliphatic carbocycles. The van der Waals surface area contributed by atoms with Crippen LogP contribution in [0.2, 0.25) is 0 Å². The Kier molecular flexibility index (Phi) is 2.91. The first-order valence-electron chi connectivity index (χ1n) is 8.47. The van der Waals surface area contributed by atoms with Crippen molar-refractivity contribution in [2.24, 2.45) is 17.3 Å². The van der Waals surface area contributed by atoms with E-state index in [2.05, 4.69) is 19.1 Å². The predicted octanol–water partition coefficient (Wildman–Crippen LogP) is 4.05. The second-order valence-electron chi connectivity index (χ2n) is 7.75. The lowest BCUT2D eigenvalue weighted by Gasteiger charge is -2.54. The largest absolute Gasteiger partial charge is 0.497 e. The van der Waals surface area contributed by atoms with Crippen molar-refractivity contribution in [3.8, 4) is 5.75 Å². The van der Waals surface area contributed by atoms with E-state index in [1.165, 1.54) is 36.8 Å². The highest BCUT2D eigenvalue weighted by Crippen LogP contribution is 2.62. The molecule has 0 saturated heterocycles. The Morgan fingerprint density at radius 1 is 1.14 bits per heavy atom. The molecule has 2 heteroatoms. The summed E-state index contributed by atoms with van der Waals surface area (Å²) in [6.45, 7) is 2.47. The van der Waals surface area contributed by atoms with E-state index in [1.54, 1.807) is 7.11 Å². The Labute approximate surface area is 127 Å². The minimum absolute atomic E-state index is 0.458. The van der Waals surface area contributed by atoms with Crippen molar-refractivity contribution in [2.45, 2.75) is 57.5 Å². The number of ether oxygens (including phenoxy) is 1. The number of rotatable bonds is 1. The fourth-order valence-electron chi connectivity index (χ4n) is 5.66. The number of benzene rings is 1. The van der Waals surface area contributed by atoms with Gasteiger partial charge in [0.25, 0.3) is 0 Å². The quantitative estimate of drug-likeness (QED) is 0.844. The molecule has 0 amide bonds. The van der Waals surface area contributed by atoms with E-state index < -0.39 is 5.60 Å². The molecule has 0 spiro atoms. The molecule has 2 fully saturated rings. The van der Waals surface area contributed by atoms with Crippen LogP contribution in [0.4, 0.5) is 0 Å². The summed E-state index contributed by atoms with van der Waals surface area (Å²) in [4.78, 5) is 0. The van der Waals surface area contributed by atoms with Gasteiger partial charge in [-0.3, -0.25) is 0 Å². The van der Waals surface area contributed by atoms with Gasteiger partial charge < -0.3 is 9.84 Å². The molecule has 4 atom stereocenters. The Hall–Kier alpha value is -1.02. The Morgan fingerprint density at radius 2 is 2.00 bits per heavy atom. The van der Waals surface area contributed by atoms with Gasteiger partial charge in [0.15, 0.2) is 0 Å². The number of aliphatic hydroxyl groups is 1. The third-order valence-electron chi connectivity index (χ3n) is 6.84. The van der Waals surface area contributed by atoms with Crippen LogP contribution >= 0.6 is 0 Å². The highest BCUT2D eigenvalue weighted by atomic mass is 16.5. The maximum absolute atomic E-state index is 11.5. The first kappa shape index (κ1) is 13.6. The highest BCUT2D eigenvalue weighted by Gasteiger charge is 2.56. The van der Waals surface area contributed by atoms with E-state index in [0.717, 1.165) is 25.0 Å². The second-order valence-corrected chi connectivity index (χ2v) is 7.75. The van der Waals surface area contributed by atoms with Crippen LogP contribution < -0.4 is 4.74 Å². The number of aryl methyl sites for hydroxylation is 1. The predicted molar refractivity (Wildman–Crippen MR) is 83.4 cm³/mol. The van der Waals surface area contributed by atoms with Crippen LogP contribution in [0.15, 0.2) is 18.2 Å². The maximum atomic E-state index is 11.5. The molecule has 21 heavy (non-hydrogen) atoms. The molecular formula is C19H26O2. The van der Waals surface area contributed by atoms with Crippen molar-refractivity contribution >= 4 is 0 Å². The normalized spacial score (nSPS) is 41.1. The number of methoxy groups -OCH3 is 1. The minimum atomic E-state index is -0.589. The smallest absolute Gasteiger partial charge is 0.119 e. The molecule has 114 valence electrons. The fourth-order valence-corrected chi connectivity index (χ4v) is 5.66. The topological polar surface area (TPSA) is 29.5 Å². The number of hydrogen-bond donors (Lipinski definition) is 1. The highest BCUT2D eigenvalue weighted by molar-refractivity contribution is 5.42. The van der Waals surface area contributed by atoms with Crippen LogP contribution in [0.3, 0.4) is 0 Å². The average Bonchev–Trinajstić information content (AvgIpc) is 2.88. The molecule has 2 nitrogen and oxygen atoms in total. The summed E-state index contributed by atoms with van der Waals surface area (Å²) >= 11 is 0. The molecule has 0 heterocycles. The standard InChI is InChI=1S/C19H26O2/c1-18-9-3-4-16(18)17-7-5-13-12-14(21-2)6-8-15(13)19(17,20)11-10-18/h6,8,12,16-17,20H,3-5,7,9-11H2,1-2H3/t16-,17+,18-,19-/m0/s1. The molecule has 3 aliphatic rings. The molecule has 2 saturated carbocycles. The van der Waals surface area contributed by atoms with Gasteiger partial charge in [-0.15, -0.1) is 0 Å². The van der Waals surface area contributed by atoms with Gasteiger partial charge in [-0.05, 0) is 79.0 Å². The van der Waals surface area contributed by atoms with Crippen molar-refractivity contribution in [1.29, 1.82) is 0 Å². The Morgan fingerprint density at radius 3 is 2.81 bits per heavy atom. The van der Waals surface area contributed by atoms with Crippen LogP contribution in [-0.2, 0) is 12.0 Å². The molecule has 0 unspecified atom stereocenters. The molecule has 0 bridgehead atoms. The van der Waals surface area contributed by atoms with Crippen LogP contribution in [0.25, 0.3) is 0 Å². The van der Waals surface area contributed by atoms with Crippen LogP contribution in [0.5, 0.6) is 5.75 Å². The van der Waals surface area contributed by atoms with Gasteiger partial charge in [0.05, 0.1) is 12.7 Å². The van der Waals surface area contributed by atoms with Gasteiger partial charge in [0, 0.05) is 0 Å². The van der Waals surface area contributed by atoms with E-state index >= 15 is 0 Å². The SMILES string of the molecule is COc1ccc2c(c1)CC[C@@H]1[C@@H]3CCC[C@@]3(C)CC[C@]21O. The Bertz CT molecular complexity index is 567. The van der Waals surface area contributed by atoms with E-state index in [-0.39, 0.29) is 0 Å². The van der Waals surface area contributed by atoms with Crippen molar-refractivity contribution < 1.29 is 9.84 Å². The summed E-state index contributed by atoms with van der Waals surface area (Å²) in [5.74, 6) is 2.09. The van der Waals surface area contributed by atoms with Gasteiger partial charge in [-0.1, -0.05) is 19.4 Å². The summed E-state index contributed by atoms with van der Waals surface area (Å²) in [5, 5.41) is 11.5. The fraction of sp³-hybridized carbons (Fsp3) is 0.684. The van der Waals surface area contributed by atoms with Crippen LogP contribution in [-0.4, -0.2) is 12.2 Å². The summed E-state index contributed by atoms with van der Waals surface area (Å²) in [6, 6.07) is 6.27. The van der Waals surface area contributed by atoms with Gasteiger partial charge in [-0.25, -0.2) is 0 Å². The molecule has 0 radical (unpaired) electrons. The van der Waals surface area contributed by atoms with E-state index in [9.17, 15) is 5.11 Å². The minimum Gasteiger partial charge on any atom is -0.497 e. The number of fused-ring (bicyclic) bond motifs is 5. The molecule has 1 N–H and O–H groups in total. The van der Waals surface area contributed by atoms with Crippen molar-refractivity contribution in [3.05, 3.63) is 29.3 Å². The van der Waals surface area contributed by atoms with Crippen molar-refractivity contribution in [2.75, 3.05) is 7.11 Å². The molecular weight excluding hydrogens is 260 g/mol. The van der Waals surface area contributed by atoms with Crippen LogP contribution in [0, 0.1) is 17.3 Å². The second kappa shape index (κ2) is 4.49. The van der Waals surface area contributed by atoms with Gasteiger partial charge in [0.2, 0.25) is 0 Å². The molecule has 1 aromatic rings. The average molecular weight is 286 g/mol. The van der Waals surface area contributed by atoms with Crippen LogP contribution in [0.1, 0.15) is 56.6 Å². The third-order valence-corrected chi connectivity index (χ3v) is 6.84. The molecule has 0 aliphatic heterocycles. The third kappa shape index (κ3) is 1.81. The van der Waals surface area contributed by atoms with Gasteiger partial charge in [0.1, 0.15) is 5.75 Å². The lowest BCUT2D eigenvalue weighted by atomic mass is 9.53. The molecule has 1 aromatic carbocycles. The first-order valence-corrected chi connectivity index (χ1v) is 8.47. The summed E-state index contributed by atoms with van der Waals surface area (Å²) in [6.07, 6.45) is 8.36. The van der Waals surface area contributed by atoms with Crippen molar-refractivity contribution in [3.63, 3.8) is 0 Å². The van der Waals surface area contributed by atoms with Gasteiger partial charge >= 0.3 is 0 Å². The summed E-state index contributed by atoms with van der Waals surface area (Å²) in [5.41, 5.74) is 2.39. The van der Waals surface area contributed by atoms with E-state index in [1.807, 2.05) is 6.07 Å². The monoisotopic (exact) mass is 286 g/mol. The zero-order valence-electron chi connectivity index (χ0n) is 13.2. The zero-order chi connectivity index (χ0) is 14.7. The van der Waals surface area contributed by atoms with Gasteiger partial charge in [-0.2, -0.15) is 0 Å². The zero-order valence-corrected chi connectivity index (χ0v) is 13.2. The molecule has 0 aromatic heterocycles. The first-order chi connectivity index (χ1) is 10.1. The lowest BCUT2D eigenvalue weighted by molar-refractivity contribution is -0.125. The Balaban J connectivity index is 1.76. The maximum Gasteiger partial charge on any atom is 0.119 e. The summed E-state index contributed by atoms with van der Waals surface area (Å²) in [7, 11) is 1.71. The van der Waals surface area contributed by atoms with Crippen molar-refractivity contribution in [1.82, 2.24) is 0 Å². The van der Waals surface area contributed by atoms with E-state index in [0.29, 0.717) is 17.3 Å². The lowest BCUT2D eigenvalue weighted by Crippen LogP contribution is -2.50. The number of hydrogen-bond acceptors (Lipinski definition) is 2.